The molecule has 1 atom stereocenters. The van der Waals surface area contributed by atoms with Crippen LogP contribution >= 0.6 is 15.9 Å². The second-order valence-corrected chi connectivity index (χ2v) is 8.07. The van der Waals surface area contributed by atoms with Crippen LogP contribution in [-0.4, -0.2) is 24.3 Å². The van der Waals surface area contributed by atoms with Crippen molar-refractivity contribution in [2.75, 3.05) is 6.54 Å². The fourth-order valence-corrected chi connectivity index (χ4v) is 2.35. The number of hydrogen-bond acceptors (Lipinski definition) is 3. The van der Waals surface area contributed by atoms with Crippen LogP contribution < -0.4 is 10.6 Å². The molecule has 0 aliphatic carbocycles. The van der Waals surface area contributed by atoms with Crippen LogP contribution in [0.3, 0.4) is 0 Å². The summed E-state index contributed by atoms with van der Waals surface area (Å²) < 4.78 is 6.45. The molecule has 0 fully saturated rings. The molecule has 1 aromatic rings. The van der Waals surface area contributed by atoms with E-state index in [1.54, 1.807) is 0 Å². The SMILES string of the molecule is Cc1cc(CNCC(NC(=O)OC(C)(C)C)C(C)C)ccc1Br. The minimum atomic E-state index is -0.478. The predicted octanol–water partition coefficient (Wildman–Crippen LogP) is 4.40. The number of halogens is 1. The van der Waals surface area contributed by atoms with Gasteiger partial charge < -0.3 is 15.4 Å². The third-order valence-corrected chi connectivity index (χ3v) is 4.31. The molecule has 0 aliphatic rings. The van der Waals surface area contributed by atoms with Crippen molar-refractivity contribution in [1.82, 2.24) is 10.6 Å². The highest BCUT2D eigenvalue weighted by atomic mass is 79.9. The largest absolute Gasteiger partial charge is 0.444 e. The number of aryl methyl sites for hydroxylation is 1. The van der Waals surface area contributed by atoms with E-state index in [0.29, 0.717) is 12.5 Å². The molecule has 0 aliphatic heterocycles. The van der Waals surface area contributed by atoms with Gasteiger partial charge in [0.15, 0.2) is 0 Å². The van der Waals surface area contributed by atoms with Gasteiger partial charge in [-0.25, -0.2) is 4.79 Å². The van der Waals surface area contributed by atoms with E-state index in [9.17, 15) is 4.79 Å². The molecular weight excluding hydrogens is 356 g/mol. The van der Waals surface area contributed by atoms with Gasteiger partial charge in [0, 0.05) is 23.6 Å². The zero-order valence-electron chi connectivity index (χ0n) is 15.0. The Balaban J connectivity index is 2.50. The lowest BCUT2D eigenvalue weighted by Crippen LogP contribution is -2.46. The van der Waals surface area contributed by atoms with Crippen molar-refractivity contribution in [3.8, 4) is 0 Å². The fourth-order valence-electron chi connectivity index (χ4n) is 2.10. The zero-order valence-corrected chi connectivity index (χ0v) is 16.6. The van der Waals surface area contributed by atoms with Gasteiger partial charge in [-0.05, 0) is 50.8 Å². The summed E-state index contributed by atoms with van der Waals surface area (Å²) in [6.07, 6.45) is -0.363. The van der Waals surface area contributed by atoms with Gasteiger partial charge in [0.05, 0.1) is 0 Å². The Morgan fingerprint density at radius 3 is 2.48 bits per heavy atom. The maximum atomic E-state index is 11.9. The maximum absolute atomic E-state index is 11.9. The molecule has 1 amide bonds. The summed E-state index contributed by atoms with van der Waals surface area (Å²) in [6, 6.07) is 6.34. The summed E-state index contributed by atoms with van der Waals surface area (Å²) in [6.45, 7) is 13.3. The highest BCUT2D eigenvalue weighted by Gasteiger charge is 2.21. The molecule has 4 nitrogen and oxygen atoms in total. The van der Waals surface area contributed by atoms with Gasteiger partial charge in [-0.15, -0.1) is 0 Å². The first kappa shape index (κ1) is 20.0. The summed E-state index contributed by atoms with van der Waals surface area (Å²) >= 11 is 3.51. The van der Waals surface area contributed by atoms with Gasteiger partial charge in [0.1, 0.15) is 5.60 Å². The summed E-state index contributed by atoms with van der Waals surface area (Å²) in [5.74, 6) is 0.321. The van der Waals surface area contributed by atoms with E-state index < -0.39 is 5.60 Å². The topological polar surface area (TPSA) is 50.4 Å². The first-order valence-electron chi connectivity index (χ1n) is 8.04. The van der Waals surface area contributed by atoms with Crippen LogP contribution in [0.25, 0.3) is 0 Å². The van der Waals surface area contributed by atoms with Crippen LogP contribution in [0.5, 0.6) is 0 Å². The van der Waals surface area contributed by atoms with Gasteiger partial charge in [-0.3, -0.25) is 0 Å². The van der Waals surface area contributed by atoms with Gasteiger partial charge in [0.25, 0.3) is 0 Å². The van der Waals surface area contributed by atoms with Crippen LogP contribution in [0.15, 0.2) is 22.7 Å². The molecule has 1 unspecified atom stereocenters. The normalized spacial score (nSPS) is 13.0. The Bertz CT molecular complexity index is 524. The van der Waals surface area contributed by atoms with E-state index in [1.807, 2.05) is 20.8 Å². The van der Waals surface area contributed by atoms with Crippen molar-refractivity contribution in [1.29, 1.82) is 0 Å². The first-order chi connectivity index (χ1) is 10.6. The van der Waals surface area contributed by atoms with Crippen molar-refractivity contribution < 1.29 is 9.53 Å². The molecule has 0 heterocycles. The Kier molecular flexibility index (Phi) is 7.55. The monoisotopic (exact) mass is 384 g/mol. The lowest BCUT2D eigenvalue weighted by atomic mass is 10.0. The highest BCUT2D eigenvalue weighted by Crippen LogP contribution is 2.17. The number of ether oxygens (including phenoxy) is 1. The van der Waals surface area contributed by atoms with Crippen molar-refractivity contribution in [3.63, 3.8) is 0 Å². The lowest BCUT2D eigenvalue weighted by Gasteiger charge is -2.26. The minimum Gasteiger partial charge on any atom is -0.444 e. The second kappa shape index (κ2) is 8.69. The lowest BCUT2D eigenvalue weighted by molar-refractivity contribution is 0.0490. The predicted molar refractivity (Wildman–Crippen MR) is 98.6 cm³/mol. The molecule has 23 heavy (non-hydrogen) atoms. The molecule has 0 saturated carbocycles. The Morgan fingerprint density at radius 1 is 1.30 bits per heavy atom. The van der Waals surface area contributed by atoms with Gasteiger partial charge in [-0.2, -0.15) is 0 Å². The van der Waals surface area contributed by atoms with Crippen LogP contribution in [-0.2, 0) is 11.3 Å². The summed E-state index contributed by atoms with van der Waals surface area (Å²) in [5, 5.41) is 6.36. The molecule has 0 saturated heterocycles. The third-order valence-electron chi connectivity index (χ3n) is 3.42. The molecule has 0 spiro atoms. The number of amides is 1. The molecule has 0 radical (unpaired) electrons. The highest BCUT2D eigenvalue weighted by molar-refractivity contribution is 9.10. The maximum Gasteiger partial charge on any atom is 0.407 e. The van der Waals surface area contributed by atoms with Gasteiger partial charge in [-0.1, -0.05) is 41.9 Å². The van der Waals surface area contributed by atoms with Crippen molar-refractivity contribution in [2.24, 2.45) is 5.92 Å². The smallest absolute Gasteiger partial charge is 0.407 e. The number of nitrogens with one attached hydrogen (secondary N) is 2. The van der Waals surface area contributed by atoms with Gasteiger partial charge in [0.2, 0.25) is 0 Å². The third kappa shape index (κ3) is 7.84. The number of hydrogen-bond donors (Lipinski definition) is 2. The van der Waals surface area contributed by atoms with Crippen LogP contribution in [0.1, 0.15) is 45.7 Å². The molecular formula is C18H29BrN2O2. The number of carbonyl (C=O) groups is 1. The molecule has 5 heteroatoms. The zero-order chi connectivity index (χ0) is 17.6. The Hall–Kier alpha value is -1.07. The minimum absolute atomic E-state index is 0.0291. The average Bonchev–Trinajstić information content (AvgIpc) is 2.39. The number of rotatable bonds is 6. The van der Waals surface area contributed by atoms with E-state index in [-0.39, 0.29) is 12.1 Å². The number of benzene rings is 1. The molecule has 130 valence electrons. The molecule has 1 rings (SSSR count). The molecule has 2 N–H and O–H groups in total. The van der Waals surface area contributed by atoms with Crippen LogP contribution in [0.2, 0.25) is 0 Å². The van der Waals surface area contributed by atoms with E-state index in [2.05, 4.69) is 65.5 Å². The second-order valence-electron chi connectivity index (χ2n) is 7.21. The van der Waals surface area contributed by atoms with Crippen LogP contribution in [0, 0.1) is 12.8 Å². The Morgan fingerprint density at radius 2 is 1.96 bits per heavy atom. The first-order valence-corrected chi connectivity index (χ1v) is 8.83. The molecule has 0 bridgehead atoms. The average molecular weight is 385 g/mol. The van der Waals surface area contributed by atoms with Gasteiger partial charge >= 0.3 is 6.09 Å². The van der Waals surface area contributed by atoms with Crippen molar-refractivity contribution >= 4 is 22.0 Å². The van der Waals surface area contributed by atoms with Crippen LogP contribution in [0.4, 0.5) is 4.79 Å². The summed E-state index contributed by atoms with van der Waals surface area (Å²) in [4.78, 5) is 11.9. The Labute approximate surface area is 148 Å². The fraction of sp³-hybridized carbons (Fsp3) is 0.611. The standard InChI is InChI=1S/C18H29BrN2O2/c1-12(2)16(21-17(22)23-18(4,5)6)11-20-10-14-7-8-15(19)13(3)9-14/h7-9,12,16,20H,10-11H2,1-6H3,(H,21,22). The van der Waals surface area contributed by atoms with E-state index in [4.69, 9.17) is 4.74 Å². The quantitative estimate of drug-likeness (QED) is 0.763. The van der Waals surface area contributed by atoms with E-state index >= 15 is 0 Å². The summed E-state index contributed by atoms with van der Waals surface area (Å²) in [7, 11) is 0. The van der Waals surface area contributed by atoms with Crippen molar-refractivity contribution in [2.45, 2.75) is 59.7 Å². The molecule has 0 aromatic heterocycles. The number of alkyl carbamates (subject to hydrolysis) is 1. The molecule has 1 aromatic carbocycles. The summed E-state index contributed by atoms with van der Waals surface area (Å²) in [5.41, 5.74) is 1.97. The van der Waals surface area contributed by atoms with Crippen molar-refractivity contribution in [3.05, 3.63) is 33.8 Å². The van der Waals surface area contributed by atoms with E-state index in [1.165, 1.54) is 11.1 Å². The van der Waals surface area contributed by atoms with E-state index in [0.717, 1.165) is 11.0 Å². The number of carbonyl (C=O) groups excluding carboxylic acids is 1.